The number of hydrogen-bond donors (Lipinski definition) is 1. The van der Waals surface area contributed by atoms with Gasteiger partial charge >= 0.3 is 0 Å². The second-order valence-corrected chi connectivity index (χ2v) is 4.51. The van der Waals surface area contributed by atoms with Gasteiger partial charge in [-0.2, -0.15) is 0 Å². The number of imide groups is 1. The number of likely N-dealkylation sites (N-methyl/N-ethyl adjacent to an activating group) is 1. The van der Waals surface area contributed by atoms with Crippen LogP contribution in [0.4, 0.5) is 0 Å². The molecule has 5 heteroatoms. The predicted molar refractivity (Wildman–Crippen MR) is 69.8 cm³/mol. The first-order valence-electron chi connectivity index (χ1n) is 5.29. The van der Waals surface area contributed by atoms with Crippen molar-refractivity contribution in [3.05, 3.63) is 34.3 Å². The van der Waals surface area contributed by atoms with E-state index in [4.69, 9.17) is 0 Å². The minimum absolute atomic E-state index is 0.245. The van der Waals surface area contributed by atoms with Crippen LogP contribution in [0.15, 0.2) is 28.7 Å². The lowest BCUT2D eigenvalue weighted by Gasteiger charge is -2.19. The van der Waals surface area contributed by atoms with Crippen LogP contribution in [0.1, 0.15) is 17.3 Å². The molecule has 0 aliphatic heterocycles. The van der Waals surface area contributed by atoms with Gasteiger partial charge in [0.15, 0.2) is 0 Å². The van der Waals surface area contributed by atoms with Crippen molar-refractivity contribution in [2.75, 3.05) is 20.1 Å². The fraction of sp³-hybridized carbons (Fsp3) is 0.333. The van der Waals surface area contributed by atoms with Crippen LogP contribution in [0, 0.1) is 0 Å². The lowest BCUT2D eigenvalue weighted by molar-refractivity contribution is -0.126. The van der Waals surface area contributed by atoms with Crippen LogP contribution in [-0.2, 0) is 4.79 Å². The molecule has 0 saturated heterocycles. The van der Waals surface area contributed by atoms with Crippen LogP contribution in [0.2, 0.25) is 0 Å². The summed E-state index contributed by atoms with van der Waals surface area (Å²) >= 11 is 3.30. The number of carbonyl (C=O) groups is 2. The van der Waals surface area contributed by atoms with Gasteiger partial charge in [0.05, 0.1) is 0 Å². The maximum Gasteiger partial charge on any atom is 0.260 e. The van der Waals surface area contributed by atoms with Gasteiger partial charge in [-0.05, 0) is 25.2 Å². The summed E-state index contributed by atoms with van der Waals surface area (Å²) in [6, 6.07) is 7.01. The van der Waals surface area contributed by atoms with Crippen molar-refractivity contribution in [1.82, 2.24) is 10.2 Å². The normalized spacial score (nSPS) is 10.1. The zero-order valence-electron chi connectivity index (χ0n) is 9.87. The highest BCUT2D eigenvalue weighted by Gasteiger charge is 2.18. The van der Waals surface area contributed by atoms with E-state index in [1.165, 1.54) is 11.8 Å². The van der Waals surface area contributed by atoms with Crippen molar-refractivity contribution >= 4 is 27.7 Å². The standard InChI is InChI=1S/C12H15BrN2O2/c1-9(16)15(7-6-14-2)12(17)10-4-3-5-11(13)8-10/h3-5,8,14H,6-7H2,1-2H3. The summed E-state index contributed by atoms with van der Waals surface area (Å²) in [5.74, 6) is -0.515. The van der Waals surface area contributed by atoms with Crippen molar-refractivity contribution in [3.63, 3.8) is 0 Å². The fourth-order valence-corrected chi connectivity index (χ4v) is 1.80. The van der Waals surface area contributed by atoms with Crippen molar-refractivity contribution in [3.8, 4) is 0 Å². The third kappa shape index (κ3) is 3.94. The molecular weight excluding hydrogens is 284 g/mol. The molecule has 0 bridgehead atoms. The minimum atomic E-state index is -0.269. The number of nitrogens with one attached hydrogen (secondary N) is 1. The molecular formula is C12H15BrN2O2. The van der Waals surface area contributed by atoms with Crippen molar-refractivity contribution in [2.45, 2.75) is 6.92 Å². The zero-order chi connectivity index (χ0) is 12.8. The summed E-state index contributed by atoms with van der Waals surface area (Å²) in [6.45, 7) is 2.35. The van der Waals surface area contributed by atoms with E-state index in [0.29, 0.717) is 18.7 Å². The van der Waals surface area contributed by atoms with E-state index in [2.05, 4.69) is 21.2 Å². The number of halogens is 1. The largest absolute Gasteiger partial charge is 0.318 e. The first-order valence-corrected chi connectivity index (χ1v) is 6.08. The Morgan fingerprint density at radius 2 is 2.12 bits per heavy atom. The van der Waals surface area contributed by atoms with Crippen LogP contribution >= 0.6 is 15.9 Å². The van der Waals surface area contributed by atoms with Gasteiger partial charge in [0.25, 0.3) is 5.91 Å². The first-order chi connectivity index (χ1) is 8.06. The molecule has 92 valence electrons. The van der Waals surface area contributed by atoms with E-state index in [1.54, 1.807) is 25.2 Å². The van der Waals surface area contributed by atoms with Crippen LogP contribution in [0.3, 0.4) is 0 Å². The predicted octanol–water partition coefficient (Wildman–Crippen LogP) is 1.66. The Morgan fingerprint density at radius 1 is 1.41 bits per heavy atom. The summed E-state index contributed by atoms with van der Waals surface area (Å²) in [4.78, 5) is 24.8. The molecule has 1 aromatic rings. The van der Waals surface area contributed by atoms with Crippen LogP contribution in [0.25, 0.3) is 0 Å². The van der Waals surface area contributed by atoms with Crippen molar-refractivity contribution in [2.24, 2.45) is 0 Å². The van der Waals surface area contributed by atoms with E-state index in [1.807, 2.05) is 6.07 Å². The van der Waals surface area contributed by atoms with Gasteiger partial charge in [-0.1, -0.05) is 22.0 Å². The molecule has 4 nitrogen and oxygen atoms in total. The molecule has 0 atom stereocenters. The molecule has 0 heterocycles. The summed E-state index contributed by atoms with van der Waals surface area (Å²) in [7, 11) is 1.78. The molecule has 0 unspecified atom stereocenters. The van der Waals surface area contributed by atoms with Gasteiger partial charge in [-0.3, -0.25) is 14.5 Å². The summed E-state index contributed by atoms with van der Waals surface area (Å²) in [5, 5.41) is 2.92. The third-order valence-electron chi connectivity index (χ3n) is 2.28. The lowest BCUT2D eigenvalue weighted by atomic mass is 10.2. The fourth-order valence-electron chi connectivity index (χ4n) is 1.40. The van der Waals surface area contributed by atoms with Gasteiger partial charge in [0.2, 0.25) is 5.91 Å². The quantitative estimate of drug-likeness (QED) is 0.920. The van der Waals surface area contributed by atoms with Crippen molar-refractivity contribution in [1.29, 1.82) is 0 Å². The summed E-state index contributed by atoms with van der Waals surface area (Å²) in [5.41, 5.74) is 0.505. The van der Waals surface area contributed by atoms with Gasteiger partial charge in [-0.15, -0.1) is 0 Å². The molecule has 0 aliphatic rings. The minimum Gasteiger partial charge on any atom is -0.318 e. The van der Waals surface area contributed by atoms with Crippen LogP contribution in [0.5, 0.6) is 0 Å². The average Bonchev–Trinajstić information content (AvgIpc) is 2.29. The smallest absolute Gasteiger partial charge is 0.260 e. The topological polar surface area (TPSA) is 49.4 Å². The maximum absolute atomic E-state index is 12.1. The third-order valence-corrected chi connectivity index (χ3v) is 2.78. The Hall–Kier alpha value is -1.20. The number of amides is 2. The molecule has 0 spiro atoms. The molecule has 17 heavy (non-hydrogen) atoms. The molecule has 0 saturated carbocycles. The highest BCUT2D eigenvalue weighted by molar-refractivity contribution is 9.10. The monoisotopic (exact) mass is 298 g/mol. The Labute approximate surface area is 109 Å². The number of hydrogen-bond acceptors (Lipinski definition) is 3. The molecule has 2 amide bonds. The van der Waals surface area contributed by atoms with Gasteiger partial charge in [-0.25, -0.2) is 0 Å². The van der Waals surface area contributed by atoms with Gasteiger partial charge < -0.3 is 5.32 Å². The molecule has 1 N–H and O–H groups in total. The van der Waals surface area contributed by atoms with Gasteiger partial charge in [0.1, 0.15) is 0 Å². The Morgan fingerprint density at radius 3 is 2.65 bits per heavy atom. The number of rotatable bonds is 4. The van der Waals surface area contributed by atoms with Crippen molar-refractivity contribution < 1.29 is 9.59 Å². The SMILES string of the molecule is CNCCN(C(C)=O)C(=O)c1cccc(Br)c1. The number of carbonyl (C=O) groups excluding carboxylic acids is 2. The Bertz CT molecular complexity index is 421. The Balaban J connectivity index is 2.88. The average molecular weight is 299 g/mol. The zero-order valence-corrected chi connectivity index (χ0v) is 11.5. The first kappa shape index (κ1) is 13.9. The van der Waals surface area contributed by atoms with E-state index >= 15 is 0 Å². The Kier molecular flexibility index (Phi) is 5.31. The van der Waals surface area contributed by atoms with E-state index in [-0.39, 0.29) is 11.8 Å². The van der Waals surface area contributed by atoms with Crippen LogP contribution < -0.4 is 5.32 Å². The van der Waals surface area contributed by atoms with E-state index in [9.17, 15) is 9.59 Å². The summed E-state index contributed by atoms with van der Waals surface area (Å²) in [6.07, 6.45) is 0. The molecule has 1 aromatic carbocycles. The maximum atomic E-state index is 12.1. The number of nitrogens with zero attached hydrogens (tertiary/aromatic N) is 1. The molecule has 0 fully saturated rings. The molecule has 0 aliphatic carbocycles. The second kappa shape index (κ2) is 6.51. The van der Waals surface area contributed by atoms with Gasteiger partial charge in [0, 0.05) is 30.0 Å². The highest BCUT2D eigenvalue weighted by Crippen LogP contribution is 2.13. The van der Waals surface area contributed by atoms with E-state index < -0.39 is 0 Å². The van der Waals surface area contributed by atoms with E-state index in [0.717, 1.165) is 4.47 Å². The molecule has 0 radical (unpaired) electrons. The van der Waals surface area contributed by atoms with Crippen LogP contribution in [-0.4, -0.2) is 36.9 Å². The number of benzene rings is 1. The molecule has 1 rings (SSSR count). The highest BCUT2D eigenvalue weighted by atomic mass is 79.9. The second-order valence-electron chi connectivity index (χ2n) is 3.59. The molecule has 0 aromatic heterocycles. The summed E-state index contributed by atoms with van der Waals surface area (Å²) < 4.78 is 0.820. The lowest BCUT2D eigenvalue weighted by Crippen LogP contribution is -2.39.